The van der Waals surface area contributed by atoms with Crippen LogP contribution in [0.3, 0.4) is 0 Å². The zero-order chi connectivity index (χ0) is 13.8. The third-order valence-corrected chi connectivity index (χ3v) is 3.80. The predicted octanol–water partition coefficient (Wildman–Crippen LogP) is 4.32. The lowest BCUT2D eigenvalue weighted by atomic mass is 10.1. The van der Waals surface area contributed by atoms with Crippen molar-refractivity contribution in [3.63, 3.8) is 0 Å². The maximum Gasteiger partial charge on any atom is 0.0462 e. The van der Waals surface area contributed by atoms with Gasteiger partial charge in [0.05, 0.1) is 0 Å². The van der Waals surface area contributed by atoms with Crippen molar-refractivity contribution in [1.29, 1.82) is 0 Å². The van der Waals surface area contributed by atoms with E-state index in [9.17, 15) is 0 Å². The molecule has 0 atom stereocenters. The molecule has 4 heteroatoms. The molecule has 0 aromatic heterocycles. The molecular weight excluding hydrogens is 324 g/mol. The van der Waals surface area contributed by atoms with Crippen LogP contribution in [0, 0.1) is 0 Å². The van der Waals surface area contributed by atoms with Crippen LogP contribution in [0.4, 0.5) is 5.69 Å². The molecule has 2 aromatic carbocycles. The summed E-state index contributed by atoms with van der Waals surface area (Å²) in [6.45, 7) is 1.60. The van der Waals surface area contributed by atoms with Crippen LogP contribution in [-0.4, -0.2) is 11.9 Å². The van der Waals surface area contributed by atoms with Crippen LogP contribution in [0.2, 0.25) is 5.02 Å². The molecule has 0 fully saturated rings. The molecule has 19 heavy (non-hydrogen) atoms. The van der Waals surface area contributed by atoms with E-state index in [1.807, 2.05) is 36.4 Å². The van der Waals surface area contributed by atoms with Crippen molar-refractivity contribution in [1.82, 2.24) is 4.90 Å². The molecule has 0 bridgehead atoms. The van der Waals surface area contributed by atoms with Crippen molar-refractivity contribution in [2.75, 3.05) is 12.8 Å². The molecule has 0 saturated heterocycles. The number of rotatable bonds is 4. The highest BCUT2D eigenvalue weighted by Gasteiger charge is 2.07. The van der Waals surface area contributed by atoms with Gasteiger partial charge < -0.3 is 5.73 Å². The summed E-state index contributed by atoms with van der Waals surface area (Å²) in [5.74, 6) is 0. The smallest absolute Gasteiger partial charge is 0.0462 e. The summed E-state index contributed by atoms with van der Waals surface area (Å²) in [6, 6.07) is 13.9. The molecule has 0 spiro atoms. The highest BCUT2D eigenvalue weighted by atomic mass is 79.9. The Morgan fingerprint density at radius 3 is 2.47 bits per heavy atom. The van der Waals surface area contributed by atoms with Gasteiger partial charge in [-0.2, -0.15) is 0 Å². The summed E-state index contributed by atoms with van der Waals surface area (Å²) in [5, 5.41) is 0.780. The van der Waals surface area contributed by atoms with E-state index in [4.69, 9.17) is 17.3 Å². The number of anilines is 1. The minimum absolute atomic E-state index is 0.780. The fourth-order valence-corrected chi connectivity index (χ4v) is 2.70. The van der Waals surface area contributed by atoms with Gasteiger partial charge in [0.25, 0.3) is 0 Å². The zero-order valence-electron chi connectivity index (χ0n) is 10.7. The number of hydrogen-bond acceptors (Lipinski definition) is 2. The van der Waals surface area contributed by atoms with Crippen LogP contribution < -0.4 is 5.73 Å². The van der Waals surface area contributed by atoms with Crippen molar-refractivity contribution in [3.8, 4) is 0 Å². The van der Waals surface area contributed by atoms with E-state index in [1.54, 1.807) is 0 Å². The predicted molar refractivity (Wildman–Crippen MR) is 85.2 cm³/mol. The average Bonchev–Trinajstić information content (AvgIpc) is 2.36. The first-order chi connectivity index (χ1) is 9.06. The lowest BCUT2D eigenvalue weighted by Gasteiger charge is -2.18. The molecule has 0 unspecified atom stereocenters. The Kier molecular flexibility index (Phi) is 4.86. The molecular formula is C15H16BrClN2. The van der Waals surface area contributed by atoms with E-state index in [1.165, 1.54) is 0 Å². The van der Waals surface area contributed by atoms with E-state index >= 15 is 0 Å². The van der Waals surface area contributed by atoms with Gasteiger partial charge in [0.2, 0.25) is 0 Å². The van der Waals surface area contributed by atoms with Crippen molar-refractivity contribution in [2.45, 2.75) is 13.1 Å². The van der Waals surface area contributed by atoms with Crippen LogP contribution in [0.25, 0.3) is 0 Å². The van der Waals surface area contributed by atoms with Gasteiger partial charge in [-0.25, -0.2) is 0 Å². The monoisotopic (exact) mass is 338 g/mol. The molecule has 0 aliphatic rings. The Hall–Kier alpha value is -1.03. The van der Waals surface area contributed by atoms with E-state index in [-0.39, 0.29) is 0 Å². The Labute approximate surface area is 127 Å². The largest absolute Gasteiger partial charge is 0.398 e. The molecule has 0 heterocycles. The van der Waals surface area contributed by atoms with Crippen molar-refractivity contribution >= 4 is 33.2 Å². The number of nitrogens with zero attached hydrogens (tertiary/aromatic N) is 1. The topological polar surface area (TPSA) is 29.3 Å². The van der Waals surface area contributed by atoms with Crippen molar-refractivity contribution in [2.24, 2.45) is 0 Å². The van der Waals surface area contributed by atoms with Gasteiger partial charge in [0.15, 0.2) is 0 Å². The van der Waals surface area contributed by atoms with Gasteiger partial charge in [-0.15, -0.1) is 0 Å². The summed E-state index contributed by atoms with van der Waals surface area (Å²) in [4.78, 5) is 2.20. The molecule has 2 aromatic rings. The second-order valence-corrected chi connectivity index (χ2v) is 5.93. The van der Waals surface area contributed by atoms with Crippen LogP contribution >= 0.6 is 27.5 Å². The van der Waals surface area contributed by atoms with Gasteiger partial charge >= 0.3 is 0 Å². The summed E-state index contributed by atoms with van der Waals surface area (Å²) >= 11 is 9.64. The summed E-state index contributed by atoms with van der Waals surface area (Å²) < 4.78 is 0.996. The standard InChI is InChI=1S/C15H16BrClN2/c1-19(10-12-4-2-3-5-15(12)18)9-11-6-7-13(16)8-14(11)17/h2-8H,9-10,18H2,1H3. The van der Waals surface area contributed by atoms with Gasteiger partial charge in [-0.3, -0.25) is 4.90 Å². The molecule has 2 rings (SSSR count). The van der Waals surface area contributed by atoms with Crippen molar-refractivity contribution in [3.05, 3.63) is 63.1 Å². The third-order valence-electron chi connectivity index (χ3n) is 2.95. The molecule has 0 saturated carbocycles. The number of benzene rings is 2. The highest BCUT2D eigenvalue weighted by molar-refractivity contribution is 9.10. The zero-order valence-corrected chi connectivity index (χ0v) is 13.1. The molecule has 100 valence electrons. The van der Waals surface area contributed by atoms with Crippen LogP contribution in [0.15, 0.2) is 46.9 Å². The summed E-state index contributed by atoms with van der Waals surface area (Å²) in [7, 11) is 2.06. The fourth-order valence-electron chi connectivity index (χ4n) is 1.97. The average molecular weight is 340 g/mol. The first-order valence-corrected chi connectivity index (χ1v) is 7.19. The van der Waals surface area contributed by atoms with Crippen LogP contribution in [0.5, 0.6) is 0 Å². The third kappa shape index (κ3) is 3.96. The summed E-state index contributed by atoms with van der Waals surface area (Å²) in [5.41, 5.74) is 9.03. The Bertz CT molecular complexity index is 572. The van der Waals surface area contributed by atoms with E-state index in [0.717, 1.165) is 39.4 Å². The van der Waals surface area contributed by atoms with Gasteiger partial charge in [-0.1, -0.05) is 51.8 Å². The maximum absolute atomic E-state index is 6.23. The number of halogens is 2. The molecule has 0 aliphatic carbocycles. The SMILES string of the molecule is CN(Cc1ccccc1N)Cc1ccc(Br)cc1Cl. The molecule has 0 aliphatic heterocycles. The Balaban J connectivity index is 2.05. The van der Waals surface area contributed by atoms with Gasteiger partial charge in [0, 0.05) is 28.3 Å². The lowest BCUT2D eigenvalue weighted by Crippen LogP contribution is -2.18. The molecule has 2 N–H and O–H groups in total. The van der Waals surface area contributed by atoms with Crippen LogP contribution in [-0.2, 0) is 13.1 Å². The van der Waals surface area contributed by atoms with E-state index < -0.39 is 0 Å². The normalized spacial score (nSPS) is 10.9. The lowest BCUT2D eigenvalue weighted by molar-refractivity contribution is 0.319. The van der Waals surface area contributed by atoms with Crippen molar-refractivity contribution < 1.29 is 0 Å². The minimum atomic E-state index is 0.780. The minimum Gasteiger partial charge on any atom is -0.398 e. The van der Waals surface area contributed by atoms with Gasteiger partial charge in [-0.05, 0) is 36.4 Å². The Morgan fingerprint density at radius 2 is 1.79 bits per heavy atom. The number of nitrogens with two attached hydrogens (primary N) is 1. The highest BCUT2D eigenvalue weighted by Crippen LogP contribution is 2.23. The Morgan fingerprint density at radius 1 is 1.11 bits per heavy atom. The molecule has 2 nitrogen and oxygen atoms in total. The molecule has 0 radical (unpaired) electrons. The summed E-state index contributed by atoms with van der Waals surface area (Å²) in [6.07, 6.45) is 0. The van der Waals surface area contributed by atoms with E-state index in [0.29, 0.717) is 0 Å². The fraction of sp³-hybridized carbons (Fsp3) is 0.200. The second-order valence-electron chi connectivity index (χ2n) is 4.61. The number of nitrogen functional groups attached to an aromatic ring is 1. The first-order valence-electron chi connectivity index (χ1n) is 6.02. The van der Waals surface area contributed by atoms with Crippen LogP contribution in [0.1, 0.15) is 11.1 Å². The first kappa shape index (κ1) is 14.4. The molecule has 0 amide bonds. The number of para-hydroxylation sites is 1. The quantitative estimate of drug-likeness (QED) is 0.841. The van der Waals surface area contributed by atoms with E-state index in [2.05, 4.69) is 33.9 Å². The number of hydrogen-bond donors (Lipinski definition) is 1. The maximum atomic E-state index is 6.23. The van der Waals surface area contributed by atoms with Gasteiger partial charge in [0.1, 0.15) is 0 Å². The second kappa shape index (κ2) is 6.42.